The highest BCUT2D eigenvalue weighted by atomic mass is 35.5. The van der Waals surface area contributed by atoms with Gasteiger partial charge in [-0.1, -0.05) is 31.9 Å². The summed E-state index contributed by atoms with van der Waals surface area (Å²) in [4.78, 5) is 12.5. The number of unbranched alkanes of at least 4 members (excludes halogenated alkanes) is 1. The van der Waals surface area contributed by atoms with Crippen molar-refractivity contribution in [1.29, 1.82) is 0 Å². The van der Waals surface area contributed by atoms with E-state index in [-0.39, 0.29) is 10.8 Å². The smallest absolute Gasteiger partial charge is 0.255 e. The predicted molar refractivity (Wildman–Crippen MR) is 105 cm³/mol. The fourth-order valence-electron chi connectivity index (χ4n) is 2.45. The Labute approximate surface area is 160 Å². The van der Waals surface area contributed by atoms with E-state index >= 15 is 0 Å². The van der Waals surface area contributed by atoms with Crippen LogP contribution in [-0.2, 0) is 10.0 Å². The third kappa shape index (κ3) is 5.06. The van der Waals surface area contributed by atoms with Crippen LogP contribution in [0, 0.1) is 0 Å². The summed E-state index contributed by atoms with van der Waals surface area (Å²) in [6.45, 7) is 4.75. The van der Waals surface area contributed by atoms with Crippen molar-refractivity contribution in [3.8, 4) is 0 Å². The van der Waals surface area contributed by atoms with Gasteiger partial charge in [0, 0.05) is 29.4 Å². The Morgan fingerprint density at radius 3 is 2.19 bits per heavy atom. The van der Waals surface area contributed by atoms with Gasteiger partial charge in [0.2, 0.25) is 10.0 Å². The van der Waals surface area contributed by atoms with E-state index in [4.69, 9.17) is 11.6 Å². The summed E-state index contributed by atoms with van der Waals surface area (Å²) in [6.07, 6.45) is 1.74. The lowest BCUT2D eigenvalue weighted by Crippen LogP contribution is -2.31. The molecule has 1 N–H and O–H groups in total. The maximum absolute atomic E-state index is 12.7. The van der Waals surface area contributed by atoms with Crippen LogP contribution in [0.2, 0.25) is 5.02 Å². The summed E-state index contributed by atoms with van der Waals surface area (Å²) >= 11 is 5.82. The molecule has 5 nitrogen and oxygen atoms in total. The van der Waals surface area contributed by atoms with Crippen molar-refractivity contribution in [2.45, 2.75) is 31.6 Å². The van der Waals surface area contributed by atoms with Gasteiger partial charge in [0.25, 0.3) is 5.91 Å². The number of sulfonamides is 1. The number of hydrogen-bond acceptors (Lipinski definition) is 3. The second-order valence-electron chi connectivity index (χ2n) is 5.84. The van der Waals surface area contributed by atoms with Crippen LogP contribution in [0.3, 0.4) is 0 Å². The zero-order chi connectivity index (χ0) is 19.2. The van der Waals surface area contributed by atoms with E-state index in [0.29, 0.717) is 29.4 Å². The van der Waals surface area contributed by atoms with Crippen molar-refractivity contribution in [2.24, 2.45) is 0 Å². The SMILES string of the molecule is CCCCN(CC)S(=O)(=O)c1ccc(C(=O)Nc2ccc(Cl)cc2)cc1. The van der Waals surface area contributed by atoms with Gasteiger partial charge < -0.3 is 5.32 Å². The van der Waals surface area contributed by atoms with E-state index in [9.17, 15) is 13.2 Å². The first-order valence-electron chi connectivity index (χ1n) is 8.55. The van der Waals surface area contributed by atoms with Crippen LogP contribution < -0.4 is 5.32 Å². The second kappa shape index (κ2) is 9.16. The molecule has 0 aromatic heterocycles. The fraction of sp³-hybridized carbons (Fsp3) is 0.316. The van der Waals surface area contributed by atoms with E-state index in [0.717, 1.165) is 12.8 Å². The van der Waals surface area contributed by atoms with Gasteiger partial charge in [-0.15, -0.1) is 0 Å². The number of anilines is 1. The number of carbonyl (C=O) groups excluding carboxylic acids is 1. The Morgan fingerprint density at radius 2 is 1.65 bits per heavy atom. The summed E-state index contributed by atoms with van der Waals surface area (Å²) in [6, 6.07) is 12.8. The minimum absolute atomic E-state index is 0.193. The number of rotatable bonds is 8. The normalized spacial score (nSPS) is 11.5. The summed E-state index contributed by atoms with van der Waals surface area (Å²) in [5.41, 5.74) is 1.00. The number of nitrogens with one attached hydrogen (secondary N) is 1. The van der Waals surface area contributed by atoms with Gasteiger partial charge in [-0.05, 0) is 55.0 Å². The van der Waals surface area contributed by atoms with E-state index in [2.05, 4.69) is 5.32 Å². The van der Waals surface area contributed by atoms with Crippen LogP contribution in [0.15, 0.2) is 53.4 Å². The number of carbonyl (C=O) groups is 1. The molecule has 0 atom stereocenters. The van der Waals surface area contributed by atoms with Crippen LogP contribution in [0.1, 0.15) is 37.0 Å². The van der Waals surface area contributed by atoms with Gasteiger partial charge in [0.1, 0.15) is 0 Å². The number of hydrogen-bond donors (Lipinski definition) is 1. The van der Waals surface area contributed by atoms with Gasteiger partial charge in [0.05, 0.1) is 4.90 Å². The number of halogens is 1. The maximum Gasteiger partial charge on any atom is 0.255 e. The maximum atomic E-state index is 12.7. The standard InChI is InChI=1S/C19H23ClN2O3S/c1-3-5-14-22(4-2)26(24,25)18-12-6-15(7-13-18)19(23)21-17-10-8-16(20)9-11-17/h6-13H,3-5,14H2,1-2H3,(H,21,23). The van der Waals surface area contributed by atoms with E-state index < -0.39 is 10.0 Å². The Bertz CT molecular complexity index is 834. The summed E-state index contributed by atoms with van der Waals surface area (Å²) in [5.74, 6) is -0.311. The lowest BCUT2D eigenvalue weighted by molar-refractivity contribution is 0.102. The molecule has 0 aliphatic heterocycles. The predicted octanol–water partition coefficient (Wildman–Crippen LogP) is 4.40. The number of amides is 1. The van der Waals surface area contributed by atoms with Crippen LogP contribution in [-0.4, -0.2) is 31.7 Å². The quantitative estimate of drug-likeness (QED) is 0.721. The zero-order valence-corrected chi connectivity index (χ0v) is 16.5. The van der Waals surface area contributed by atoms with Gasteiger partial charge in [-0.2, -0.15) is 4.31 Å². The lowest BCUT2D eigenvalue weighted by atomic mass is 10.2. The Kier molecular flexibility index (Phi) is 7.20. The average Bonchev–Trinajstić information content (AvgIpc) is 2.64. The van der Waals surface area contributed by atoms with Crippen molar-refractivity contribution in [2.75, 3.05) is 18.4 Å². The van der Waals surface area contributed by atoms with Crippen molar-refractivity contribution >= 4 is 33.2 Å². The minimum atomic E-state index is -3.54. The fourth-order valence-corrected chi connectivity index (χ4v) is 4.06. The minimum Gasteiger partial charge on any atom is -0.322 e. The second-order valence-corrected chi connectivity index (χ2v) is 8.21. The van der Waals surface area contributed by atoms with Crippen LogP contribution in [0.5, 0.6) is 0 Å². The lowest BCUT2D eigenvalue weighted by Gasteiger charge is -2.20. The first-order chi connectivity index (χ1) is 12.4. The highest BCUT2D eigenvalue weighted by Crippen LogP contribution is 2.18. The first kappa shape index (κ1) is 20.4. The molecule has 2 aromatic rings. The van der Waals surface area contributed by atoms with E-state index in [1.807, 2.05) is 13.8 Å². The molecule has 0 spiro atoms. The van der Waals surface area contributed by atoms with Gasteiger partial charge in [-0.25, -0.2) is 8.42 Å². The van der Waals surface area contributed by atoms with E-state index in [1.54, 1.807) is 24.3 Å². The molecule has 2 rings (SSSR count). The van der Waals surface area contributed by atoms with Crippen molar-refractivity contribution in [1.82, 2.24) is 4.31 Å². The molecule has 1 amide bonds. The van der Waals surface area contributed by atoms with Crippen LogP contribution in [0.4, 0.5) is 5.69 Å². The summed E-state index contributed by atoms with van der Waals surface area (Å²) in [5, 5.41) is 3.33. The largest absolute Gasteiger partial charge is 0.322 e. The third-order valence-corrected chi connectivity index (χ3v) is 6.21. The Balaban J connectivity index is 2.13. The van der Waals surface area contributed by atoms with Crippen molar-refractivity contribution in [3.05, 3.63) is 59.1 Å². The number of benzene rings is 2. The summed E-state index contributed by atoms with van der Waals surface area (Å²) < 4.78 is 26.8. The molecule has 0 aliphatic rings. The third-order valence-electron chi connectivity index (χ3n) is 3.97. The highest BCUT2D eigenvalue weighted by Gasteiger charge is 2.22. The molecule has 0 radical (unpaired) electrons. The average molecular weight is 395 g/mol. The Morgan fingerprint density at radius 1 is 1.04 bits per heavy atom. The molecule has 7 heteroatoms. The molecule has 0 aliphatic carbocycles. The highest BCUT2D eigenvalue weighted by molar-refractivity contribution is 7.89. The first-order valence-corrected chi connectivity index (χ1v) is 10.4. The molecule has 0 heterocycles. The van der Waals surface area contributed by atoms with Gasteiger partial charge in [-0.3, -0.25) is 4.79 Å². The van der Waals surface area contributed by atoms with E-state index in [1.165, 1.54) is 28.6 Å². The number of nitrogens with zero attached hydrogens (tertiary/aromatic N) is 1. The molecule has 0 fully saturated rings. The molecular weight excluding hydrogens is 372 g/mol. The van der Waals surface area contributed by atoms with Gasteiger partial charge in [0.15, 0.2) is 0 Å². The van der Waals surface area contributed by atoms with Crippen LogP contribution in [0.25, 0.3) is 0 Å². The summed E-state index contributed by atoms with van der Waals surface area (Å²) in [7, 11) is -3.54. The van der Waals surface area contributed by atoms with Gasteiger partial charge >= 0.3 is 0 Å². The molecule has 0 bridgehead atoms. The molecule has 26 heavy (non-hydrogen) atoms. The molecule has 0 unspecified atom stereocenters. The molecule has 0 saturated heterocycles. The molecule has 0 saturated carbocycles. The monoisotopic (exact) mass is 394 g/mol. The van der Waals surface area contributed by atoms with Crippen molar-refractivity contribution < 1.29 is 13.2 Å². The van der Waals surface area contributed by atoms with Crippen LogP contribution >= 0.6 is 11.6 Å². The zero-order valence-electron chi connectivity index (χ0n) is 14.9. The topological polar surface area (TPSA) is 66.5 Å². The van der Waals surface area contributed by atoms with Crippen molar-refractivity contribution in [3.63, 3.8) is 0 Å². The molecule has 2 aromatic carbocycles. The molecule has 140 valence electrons. The Hall–Kier alpha value is -1.89. The molecular formula is C19H23ClN2O3S.